The van der Waals surface area contributed by atoms with Gasteiger partial charge in [-0.25, -0.2) is 0 Å². The molecule has 9 heteroatoms. The first-order chi connectivity index (χ1) is 11.3. The average Bonchev–Trinajstić information content (AvgIpc) is 3.06. The molecule has 2 rings (SSSR count). The standard InChI is InChI=1S/C15H16BrN5O2S/c1-5-21-11(10(16)7-18-21)13(22)19-14-9(6-17)8(2)12(24-14)15(23)20(3)4/h7H,5H2,1-4H3,(H,19,22). The summed E-state index contributed by atoms with van der Waals surface area (Å²) in [7, 11) is 3.28. The number of carbonyl (C=O) groups excluding carboxylic acids is 2. The number of halogens is 1. The third-order valence-electron chi connectivity index (χ3n) is 3.40. The molecule has 126 valence electrons. The first kappa shape index (κ1) is 18.2. The maximum atomic E-state index is 12.6. The molecule has 0 aromatic carbocycles. The van der Waals surface area contributed by atoms with Crippen molar-refractivity contribution in [2.45, 2.75) is 20.4 Å². The molecule has 0 aliphatic carbocycles. The van der Waals surface area contributed by atoms with Crippen molar-refractivity contribution in [3.05, 3.63) is 32.4 Å². The number of hydrogen-bond donors (Lipinski definition) is 1. The smallest absolute Gasteiger partial charge is 0.275 e. The minimum atomic E-state index is -0.386. The van der Waals surface area contributed by atoms with E-state index in [1.54, 1.807) is 31.9 Å². The van der Waals surface area contributed by atoms with E-state index in [4.69, 9.17) is 0 Å². The number of carbonyl (C=O) groups is 2. The molecular weight excluding hydrogens is 394 g/mol. The summed E-state index contributed by atoms with van der Waals surface area (Å²) in [6.07, 6.45) is 1.55. The second-order valence-corrected chi connectivity index (χ2v) is 7.06. The molecule has 24 heavy (non-hydrogen) atoms. The van der Waals surface area contributed by atoms with Gasteiger partial charge in [0.1, 0.15) is 16.8 Å². The number of hydrogen-bond acceptors (Lipinski definition) is 5. The zero-order chi connectivity index (χ0) is 18.0. The van der Waals surface area contributed by atoms with E-state index in [1.165, 1.54) is 4.90 Å². The summed E-state index contributed by atoms with van der Waals surface area (Å²) < 4.78 is 2.12. The van der Waals surface area contributed by atoms with Gasteiger partial charge < -0.3 is 10.2 Å². The topological polar surface area (TPSA) is 91.0 Å². The third kappa shape index (κ3) is 3.20. The number of amides is 2. The van der Waals surface area contributed by atoms with Gasteiger partial charge in [0.25, 0.3) is 11.8 Å². The van der Waals surface area contributed by atoms with E-state index in [0.29, 0.717) is 37.7 Å². The maximum absolute atomic E-state index is 12.6. The summed E-state index contributed by atoms with van der Waals surface area (Å²) in [6, 6.07) is 2.06. The number of rotatable bonds is 4. The van der Waals surface area contributed by atoms with Gasteiger partial charge in [0.05, 0.1) is 21.1 Å². The summed E-state index contributed by atoms with van der Waals surface area (Å²) in [6.45, 7) is 4.11. The molecule has 2 amide bonds. The molecule has 1 N–H and O–H groups in total. The summed E-state index contributed by atoms with van der Waals surface area (Å²) in [5.74, 6) is -0.586. The number of thiophene rings is 1. The first-order valence-corrected chi connectivity index (χ1v) is 8.70. The van der Waals surface area contributed by atoms with E-state index < -0.39 is 0 Å². The second kappa shape index (κ2) is 7.15. The average molecular weight is 410 g/mol. The van der Waals surface area contributed by atoms with Crippen molar-refractivity contribution in [1.82, 2.24) is 14.7 Å². The van der Waals surface area contributed by atoms with Gasteiger partial charge in [-0.1, -0.05) is 0 Å². The van der Waals surface area contributed by atoms with Crippen LogP contribution in [-0.4, -0.2) is 40.6 Å². The lowest BCUT2D eigenvalue weighted by Gasteiger charge is -2.08. The van der Waals surface area contributed by atoms with E-state index in [1.807, 2.05) is 6.92 Å². The normalized spacial score (nSPS) is 10.3. The van der Waals surface area contributed by atoms with Crippen molar-refractivity contribution in [1.29, 1.82) is 5.26 Å². The number of nitrogens with one attached hydrogen (secondary N) is 1. The van der Waals surface area contributed by atoms with Crippen molar-refractivity contribution >= 4 is 44.1 Å². The van der Waals surface area contributed by atoms with Crippen LogP contribution in [0.2, 0.25) is 0 Å². The van der Waals surface area contributed by atoms with Crippen molar-refractivity contribution in [2.75, 3.05) is 19.4 Å². The molecule has 0 saturated carbocycles. The second-order valence-electron chi connectivity index (χ2n) is 5.18. The fourth-order valence-corrected chi connectivity index (χ4v) is 3.78. The summed E-state index contributed by atoms with van der Waals surface area (Å²) in [5.41, 5.74) is 1.24. The van der Waals surface area contributed by atoms with Crippen LogP contribution in [0, 0.1) is 18.3 Å². The fourth-order valence-electron chi connectivity index (χ4n) is 2.13. The van der Waals surface area contributed by atoms with Crippen LogP contribution < -0.4 is 5.32 Å². The van der Waals surface area contributed by atoms with E-state index in [9.17, 15) is 14.9 Å². The Labute approximate surface area is 152 Å². The fraction of sp³-hybridized carbons (Fsp3) is 0.333. The largest absolute Gasteiger partial charge is 0.344 e. The van der Waals surface area contributed by atoms with Crippen LogP contribution in [0.3, 0.4) is 0 Å². The number of aromatic nitrogens is 2. The van der Waals surface area contributed by atoms with Gasteiger partial charge in [-0.3, -0.25) is 14.3 Å². The molecule has 0 atom stereocenters. The van der Waals surface area contributed by atoms with E-state index in [0.717, 1.165) is 11.3 Å². The van der Waals surface area contributed by atoms with Crippen molar-refractivity contribution in [3.63, 3.8) is 0 Å². The van der Waals surface area contributed by atoms with Gasteiger partial charge >= 0.3 is 0 Å². The molecule has 0 aliphatic heterocycles. The molecule has 0 radical (unpaired) electrons. The minimum Gasteiger partial charge on any atom is -0.344 e. The minimum absolute atomic E-state index is 0.200. The van der Waals surface area contributed by atoms with Crippen LogP contribution in [-0.2, 0) is 6.54 Å². The molecule has 0 unspecified atom stereocenters. The lowest BCUT2D eigenvalue weighted by atomic mass is 10.1. The Kier molecular flexibility index (Phi) is 5.41. The molecular formula is C15H16BrN5O2S. The highest BCUT2D eigenvalue weighted by Crippen LogP contribution is 2.33. The highest BCUT2D eigenvalue weighted by atomic mass is 79.9. The number of nitrogens with zero attached hydrogens (tertiary/aromatic N) is 4. The van der Waals surface area contributed by atoms with Gasteiger partial charge in [0.15, 0.2) is 0 Å². The van der Waals surface area contributed by atoms with Crippen molar-refractivity contribution in [3.8, 4) is 6.07 Å². The van der Waals surface area contributed by atoms with Gasteiger partial charge in [-0.05, 0) is 35.3 Å². The highest BCUT2D eigenvalue weighted by Gasteiger charge is 2.24. The molecule has 2 aromatic heterocycles. The first-order valence-electron chi connectivity index (χ1n) is 7.09. The SMILES string of the molecule is CCn1ncc(Br)c1C(=O)Nc1sc(C(=O)N(C)C)c(C)c1C#N. The summed E-state index contributed by atoms with van der Waals surface area (Å²) >= 11 is 4.40. The van der Waals surface area contributed by atoms with Crippen LogP contribution in [0.15, 0.2) is 10.7 Å². The van der Waals surface area contributed by atoms with Crippen molar-refractivity contribution < 1.29 is 9.59 Å². The Morgan fingerprint density at radius 1 is 1.50 bits per heavy atom. The van der Waals surface area contributed by atoms with Gasteiger partial charge in [-0.15, -0.1) is 11.3 Å². The van der Waals surface area contributed by atoms with E-state index >= 15 is 0 Å². The molecule has 0 bridgehead atoms. The molecule has 2 heterocycles. The van der Waals surface area contributed by atoms with Crippen LogP contribution in [0.4, 0.5) is 5.00 Å². The lowest BCUT2D eigenvalue weighted by Crippen LogP contribution is -2.21. The van der Waals surface area contributed by atoms with Gasteiger partial charge in [0, 0.05) is 20.6 Å². The van der Waals surface area contributed by atoms with E-state index in [2.05, 4.69) is 32.4 Å². The molecule has 0 spiro atoms. The quantitative estimate of drug-likeness (QED) is 0.839. The third-order valence-corrected chi connectivity index (χ3v) is 5.17. The Bertz CT molecular complexity index is 847. The molecule has 0 aliphatic rings. The van der Waals surface area contributed by atoms with Gasteiger partial charge in [0.2, 0.25) is 0 Å². The van der Waals surface area contributed by atoms with Crippen LogP contribution >= 0.6 is 27.3 Å². The van der Waals surface area contributed by atoms with Crippen molar-refractivity contribution in [2.24, 2.45) is 0 Å². The van der Waals surface area contributed by atoms with Crippen LogP contribution in [0.5, 0.6) is 0 Å². The molecule has 0 fully saturated rings. The van der Waals surface area contributed by atoms with Crippen LogP contribution in [0.25, 0.3) is 0 Å². The van der Waals surface area contributed by atoms with Gasteiger partial charge in [-0.2, -0.15) is 10.4 Å². The highest BCUT2D eigenvalue weighted by molar-refractivity contribution is 9.10. The molecule has 7 nitrogen and oxygen atoms in total. The van der Waals surface area contributed by atoms with E-state index in [-0.39, 0.29) is 11.8 Å². The predicted molar refractivity (Wildman–Crippen MR) is 95.3 cm³/mol. The Morgan fingerprint density at radius 3 is 2.71 bits per heavy atom. The molecule has 0 saturated heterocycles. The number of nitriles is 1. The zero-order valence-corrected chi connectivity index (χ0v) is 16.1. The van der Waals surface area contributed by atoms with Crippen LogP contribution in [0.1, 0.15) is 38.2 Å². The Balaban J connectivity index is 2.41. The number of aryl methyl sites for hydroxylation is 1. The lowest BCUT2D eigenvalue weighted by molar-refractivity contribution is 0.0831. The summed E-state index contributed by atoms with van der Waals surface area (Å²) in [5, 5.41) is 16.6. The summed E-state index contributed by atoms with van der Waals surface area (Å²) in [4.78, 5) is 26.7. The maximum Gasteiger partial charge on any atom is 0.275 e. The molecule has 2 aromatic rings. The predicted octanol–water partition coefficient (Wildman–Crippen LogP) is 2.86. The zero-order valence-electron chi connectivity index (χ0n) is 13.7. The monoisotopic (exact) mass is 409 g/mol. The number of anilines is 1. The Morgan fingerprint density at radius 2 is 2.17 bits per heavy atom. The Hall–Kier alpha value is -2.18.